The van der Waals surface area contributed by atoms with Crippen LogP contribution in [0.2, 0.25) is 0 Å². The molecule has 6 heteroatoms. The summed E-state index contributed by atoms with van der Waals surface area (Å²) in [6.07, 6.45) is -4.13. The Bertz CT molecular complexity index is 444. The summed E-state index contributed by atoms with van der Waals surface area (Å²) in [5, 5.41) is 0. The molecule has 0 spiro atoms. The minimum atomic E-state index is -3.19. The number of methoxy groups -OCH3 is 1. The Hall–Kier alpha value is -1.85. The number of alkyl halides is 2. The first-order valence-electron chi connectivity index (χ1n) is 4.63. The van der Waals surface area contributed by atoms with Gasteiger partial charge in [-0.1, -0.05) is 0 Å². The summed E-state index contributed by atoms with van der Waals surface area (Å²) in [6.45, 7) is 0. The molecule has 0 unspecified atom stereocenters. The lowest BCUT2D eigenvalue weighted by Gasteiger charge is -2.04. The van der Waals surface area contributed by atoms with Gasteiger partial charge < -0.3 is 4.74 Å². The van der Waals surface area contributed by atoms with Crippen molar-refractivity contribution in [3.63, 3.8) is 0 Å². The predicted molar refractivity (Wildman–Crippen MR) is 52.9 cm³/mol. The van der Waals surface area contributed by atoms with E-state index in [-0.39, 0.29) is 11.3 Å². The summed E-state index contributed by atoms with van der Waals surface area (Å²) in [5.74, 6) is -3.19. The summed E-state index contributed by atoms with van der Waals surface area (Å²) in [7, 11) is 1.25. The summed E-state index contributed by atoms with van der Waals surface area (Å²) >= 11 is 0. The molecule has 0 heterocycles. The fourth-order valence-electron chi connectivity index (χ4n) is 1.18. The minimum Gasteiger partial charge on any atom is -0.494 e. The predicted octanol–water partition coefficient (Wildman–Crippen LogP) is 2.24. The first kappa shape index (κ1) is 13.2. The average molecular weight is 246 g/mol. The van der Waals surface area contributed by atoms with E-state index >= 15 is 0 Å². The quantitative estimate of drug-likeness (QED) is 0.591. The van der Waals surface area contributed by atoms with E-state index in [1.807, 2.05) is 0 Å². The van der Waals surface area contributed by atoms with Gasteiger partial charge in [0.1, 0.15) is 0 Å². The van der Waals surface area contributed by atoms with Crippen molar-refractivity contribution in [2.24, 2.45) is 0 Å². The fraction of sp³-hybridized carbons (Fsp3) is 0.273. The van der Waals surface area contributed by atoms with Crippen LogP contribution in [0.3, 0.4) is 0 Å². The van der Waals surface area contributed by atoms with Crippen molar-refractivity contribution in [2.75, 3.05) is 7.11 Å². The molecule has 0 N–H and O–H groups in total. The number of hydrogen-bond acceptors (Lipinski definition) is 3. The Balaban J connectivity index is 2.83. The number of hydrogen-bond donors (Lipinski definition) is 0. The lowest BCUT2D eigenvalue weighted by molar-refractivity contribution is -0.128. The van der Waals surface area contributed by atoms with E-state index in [4.69, 9.17) is 0 Å². The highest BCUT2D eigenvalue weighted by Gasteiger charge is 2.20. The first-order chi connectivity index (χ1) is 7.95. The van der Waals surface area contributed by atoms with Gasteiger partial charge in [-0.2, -0.15) is 0 Å². The molecule has 0 radical (unpaired) electrons. The molecule has 3 nitrogen and oxygen atoms in total. The molecule has 0 aromatic heterocycles. The summed E-state index contributed by atoms with van der Waals surface area (Å²) < 4.78 is 41.6. The highest BCUT2D eigenvalue weighted by atomic mass is 19.3. The Morgan fingerprint density at radius 3 is 2.47 bits per heavy atom. The zero-order valence-electron chi connectivity index (χ0n) is 8.88. The lowest BCUT2D eigenvalue weighted by atomic mass is 10.1. The number of carbonyl (C=O) groups excluding carboxylic acids is 2. The van der Waals surface area contributed by atoms with Crippen molar-refractivity contribution >= 4 is 11.6 Å². The number of ketones is 2. The molecule has 0 saturated heterocycles. The van der Waals surface area contributed by atoms with Gasteiger partial charge in [0.15, 0.2) is 17.3 Å². The van der Waals surface area contributed by atoms with Gasteiger partial charge in [-0.05, 0) is 18.2 Å². The van der Waals surface area contributed by atoms with E-state index in [1.165, 1.54) is 19.2 Å². The van der Waals surface area contributed by atoms with Gasteiger partial charge >= 0.3 is 0 Å². The van der Waals surface area contributed by atoms with E-state index in [2.05, 4.69) is 4.74 Å². The molecule has 1 aromatic rings. The van der Waals surface area contributed by atoms with E-state index in [0.29, 0.717) is 0 Å². The fourth-order valence-corrected chi connectivity index (χ4v) is 1.18. The summed E-state index contributed by atoms with van der Waals surface area (Å²) in [6, 6.07) is 3.25. The topological polar surface area (TPSA) is 43.4 Å². The maximum absolute atomic E-state index is 13.2. The number of ether oxygens (including phenoxy) is 1. The Labute approximate surface area is 95.2 Å². The standard InChI is InChI=1S/C11H9F3O3/c1-17-10-3-2-6(4-7(10)12)8(15)5-9(16)11(13)14/h2-4,11H,5H2,1H3. The molecular formula is C11H9F3O3. The SMILES string of the molecule is COc1ccc(C(=O)CC(=O)C(F)F)cc1F. The zero-order chi connectivity index (χ0) is 13.0. The van der Waals surface area contributed by atoms with Crippen LogP contribution >= 0.6 is 0 Å². The number of benzene rings is 1. The number of halogens is 3. The number of carbonyl (C=O) groups is 2. The molecule has 0 atom stereocenters. The Morgan fingerprint density at radius 1 is 1.35 bits per heavy atom. The molecule has 92 valence electrons. The zero-order valence-corrected chi connectivity index (χ0v) is 8.88. The van der Waals surface area contributed by atoms with Crippen molar-refractivity contribution in [1.82, 2.24) is 0 Å². The molecule has 0 aliphatic rings. The van der Waals surface area contributed by atoms with Crippen molar-refractivity contribution in [2.45, 2.75) is 12.8 Å². The highest BCUT2D eigenvalue weighted by molar-refractivity contribution is 6.08. The van der Waals surface area contributed by atoms with Crippen molar-refractivity contribution in [1.29, 1.82) is 0 Å². The molecule has 0 amide bonds. The Morgan fingerprint density at radius 2 is 2.00 bits per heavy atom. The van der Waals surface area contributed by atoms with E-state index in [0.717, 1.165) is 6.07 Å². The molecule has 17 heavy (non-hydrogen) atoms. The Kier molecular flexibility index (Phi) is 4.25. The number of rotatable bonds is 5. The largest absolute Gasteiger partial charge is 0.494 e. The van der Waals surface area contributed by atoms with Crippen molar-refractivity contribution in [3.8, 4) is 5.75 Å². The van der Waals surface area contributed by atoms with Gasteiger partial charge in [-0.15, -0.1) is 0 Å². The van der Waals surface area contributed by atoms with E-state index < -0.39 is 30.2 Å². The van der Waals surface area contributed by atoms with Crippen LogP contribution in [0.5, 0.6) is 5.75 Å². The number of Topliss-reactive ketones (excluding diaryl/α,β-unsaturated/α-hetero) is 2. The maximum atomic E-state index is 13.2. The molecule has 1 rings (SSSR count). The van der Waals surface area contributed by atoms with Crippen molar-refractivity contribution in [3.05, 3.63) is 29.6 Å². The van der Waals surface area contributed by atoms with E-state index in [1.54, 1.807) is 0 Å². The molecular weight excluding hydrogens is 237 g/mol. The van der Waals surface area contributed by atoms with Gasteiger partial charge in [-0.25, -0.2) is 13.2 Å². The summed E-state index contributed by atoms with van der Waals surface area (Å²) in [5.41, 5.74) is -0.141. The van der Waals surface area contributed by atoms with Gasteiger partial charge in [0.2, 0.25) is 5.78 Å². The second kappa shape index (κ2) is 5.47. The minimum absolute atomic E-state index is 0.0678. The van der Waals surface area contributed by atoms with Crippen molar-refractivity contribution < 1.29 is 27.5 Å². The van der Waals surface area contributed by atoms with Crippen LogP contribution in [0.25, 0.3) is 0 Å². The smallest absolute Gasteiger partial charge is 0.296 e. The van der Waals surface area contributed by atoms with Crippen LogP contribution in [0.15, 0.2) is 18.2 Å². The second-order valence-corrected chi connectivity index (χ2v) is 3.22. The third kappa shape index (κ3) is 3.30. The van der Waals surface area contributed by atoms with Gasteiger partial charge in [0.05, 0.1) is 13.5 Å². The first-order valence-corrected chi connectivity index (χ1v) is 4.63. The van der Waals surface area contributed by atoms with Gasteiger partial charge in [-0.3, -0.25) is 9.59 Å². The third-order valence-electron chi connectivity index (χ3n) is 2.05. The van der Waals surface area contributed by atoms with Gasteiger partial charge in [0.25, 0.3) is 6.43 Å². The molecule has 1 aromatic carbocycles. The van der Waals surface area contributed by atoms with Crippen LogP contribution in [0, 0.1) is 5.82 Å². The monoisotopic (exact) mass is 246 g/mol. The van der Waals surface area contributed by atoms with Crippen LogP contribution in [-0.4, -0.2) is 25.1 Å². The molecule has 0 aliphatic carbocycles. The molecule has 0 saturated carbocycles. The maximum Gasteiger partial charge on any atom is 0.296 e. The summed E-state index contributed by atoms with van der Waals surface area (Å²) in [4.78, 5) is 22.0. The van der Waals surface area contributed by atoms with Crippen LogP contribution in [-0.2, 0) is 4.79 Å². The molecule has 0 bridgehead atoms. The second-order valence-electron chi connectivity index (χ2n) is 3.22. The molecule has 0 aliphatic heterocycles. The average Bonchev–Trinajstić information content (AvgIpc) is 2.28. The third-order valence-corrected chi connectivity index (χ3v) is 2.05. The lowest BCUT2D eigenvalue weighted by Crippen LogP contribution is -2.15. The normalized spacial score (nSPS) is 10.4. The highest BCUT2D eigenvalue weighted by Crippen LogP contribution is 2.18. The van der Waals surface area contributed by atoms with Gasteiger partial charge in [0, 0.05) is 5.56 Å². The molecule has 0 fully saturated rings. The van der Waals surface area contributed by atoms with Crippen LogP contribution in [0.1, 0.15) is 16.8 Å². The van der Waals surface area contributed by atoms with Crippen LogP contribution in [0.4, 0.5) is 13.2 Å². The van der Waals surface area contributed by atoms with E-state index in [9.17, 15) is 22.8 Å². The van der Waals surface area contributed by atoms with Crippen LogP contribution < -0.4 is 4.74 Å².